The van der Waals surface area contributed by atoms with E-state index in [1.54, 1.807) is 0 Å². The fourth-order valence-electron chi connectivity index (χ4n) is 1.76. The van der Waals surface area contributed by atoms with E-state index in [1.807, 2.05) is 0 Å². The van der Waals surface area contributed by atoms with Crippen molar-refractivity contribution in [3.8, 4) is 5.75 Å². The third-order valence-electron chi connectivity index (χ3n) is 2.66. The normalized spacial score (nSPS) is 18.3. The third-order valence-corrected chi connectivity index (χ3v) is 3.05. The Hall–Kier alpha value is -1.17. The molecule has 0 spiro atoms. The maximum Gasteiger partial charge on any atom is 0.270 e. The quantitative estimate of drug-likeness (QED) is 0.782. The molecule has 2 rings (SSSR count). The second-order valence-corrected chi connectivity index (χ2v) is 4.75. The monoisotopic (exact) mass is 303 g/mol. The van der Waals surface area contributed by atoms with Gasteiger partial charge < -0.3 is 9.47 Å². The molecule has 0 radical (unpaired) electrons. The van der Waals surface area contributed by atoms with E-state index < -0.39 is 10.5 Å². The Balaban J connectivity index is 2.13. The van der Waals surface area contributed by atoms with Gasteiger partial charge in [-0.15, -0.1) is 0 Å². The van der Waals surface area contributed by atoms with Crippen molar-refractivity contribution < 1.29 is 19.1 Å². The third kappa shape index (κ3) is 3.89. The molecular weight excluding hydrogens is 293 g/mol. The summed E-state index contributed by atoms with van der Waals surface area (Å²) in [6.07, 6.45) is 1.95. The van der Waals surface area contributed by atoms with Gasteiger partial charge in [0, 0.05) is 18.7 Å². The first-order chi connectivity index (χ1) is 9.06. The van der Waals surface area contributed by atoms with Crippen molar-refractivity contribution in [2.24, 2.45) is 0 Å². The van der Waals surface area contributed by atoms with Crippen LogP contribution in [0.1, 0.15) is 33.8 Å². The van der Waals surface area contributed by atoms with Crippen molar-refractivity contribution in [3.63, 3.8) is 0 Å². The lowest BCUT2D eigenvalue weighted by atomic mass is 10.2. The number of hydrogen-bond acceptors (Lipinski definition) is 5. The van der Waals surface area contributed by atoms with E-state index in [9.17, 15) is 9.59 Å². The lowest BCUT2D eigenvalue weighted by Crippen LogP contribution is -2.16. The van der Waals surface area contributed by atoms with Crippen LogP contribution in [0.25, 0.3) is 0 Å². The molecule has 7 heteroatoms. The van der Waals surface area contributed by atoms with Crippen LogP contribution in [-0.4, -0.2) is 34.8 Å². The molecule has 1 fully saturated rings. The molecular formula is C12H11Cl2NO4. The molecule has 1 aliphatic heterocycles. The van der Waals surface area contributed by atoms with Crippen LogP contribution in [0.5, 0.6) is 5.75 Å². The van der Waals surface area contributed by atoms with Gasteiger partial charge in [0.25, 0.3) is 10.5 Å². The standard InChI is InChI=1S/C12H11Cl2NO4/c13-11(16)9-4-8(5-10(15-9)12(14)17)19-6-7-2-1-3-18-7/h4-5,7H,1-3,6H2. The minimum atomic E-state index is -0.776. The minimum Gasteiger partial charge on any atom is -0.491 e. The molecule has 2 heterocycles. The molecule has 19 heavy (non-hydrogen) atoms. The van der Waals surface area contributed by atoms with Gasteiger partial charge in [-0.3, -0.25) is 9.59 Å². The molecule has 1 atom stereocenters. The highest BCUT2D eigenvalue weighted by molar-refractivity contribution is 6.68. The molecule has 0 bridgehead atoms. The van der Waals surface area contributed by atoms with Crippen molar-refractivity contribution in [2.75, 3.05) is 13.2 Å². The van der Waals surface area contributed by atoms with Gasteiger partial charge in [-0.2, -0.15) is 0 Å². The van der Waals surface area contributed by atoms with Crippen LogP contribution in [0.4, 0.5) is 0 Å². The average molecular weight is 304 g/mol. The highest BCUT2D eigenvalue weighted by Crippen LogP contribution is 2.19. The Morgan fingerprint density at radius 2 is 1.95 bits per heavy atom. The second-order valence-electron chi connectivity index (χ2n) is 4.07. The molecule has 0 N–H and O–H groups in total. The van der Waals surface area contributed by atoms with E-state index in [-0.39, 0.29) is 17.5 Å². The minimum absolute atomic E-state index is 0.0264. The van der Waals surface area contributed by atoms with Gasteiger partial charge in [-0.1, -0.05) is 0 Å². The fourth-order valence-corrected chi connectivity index (χ4v) is 1.95. The Morgan fingerprint density at radius 1 is 1.32 bits per heavy atom. The Kier molecular flexibility index (Phi) is 4.74. The first-order valence-electron chi connectivity index (χ1n) is 5.72. The molecule has 0 amide bonds. The smallest absolute Gasteiger partial charge is 0.270 e. The lowest BCUT2D eigenvalue weighted by Gasteiger charge is -2.12. The van der Waals surface area contributed by atoms with Crippen LogP contribution in [0.2, 0.25) is 0 Å². The molecule has 1 saturated heterocycles. The van der Waals surface area contributed by atoms with Gasteiger partial charge in [0.15, 0.2) is 0 Å². The summed E-state index contributed by atoms with van der Waals surface area (Å²) in [6.45, 7) is 1.07. The van der Waals surface area contributed by atoms with Gasteiger partial charge in [0.2, 0.25) is 0 Å². The van der Waals surface area contributed by atoms with Crippen LogP contribution < -0.4 is 4.74 Å². The summed E-state index contributed by atoms with van der Waals surface area (Å²) in [5.74, 6) is 0.318. The molecule has 1 aromatic rings. The van der Waals surface area contributed by atoms with E-state index in [0.29, 0.717) is 12.4 Å². The number of halogens is 2. The predicted octanol–water partition coefficient (Wildman–Crippen LogP) is 2.40. The summed E-state index contributed by atoms with van der Waals surface area (Å²) in [5.41, 5.74) is -0.147. The zero-order valence-corrected chi connectivity index (χ0v) is 11.4. The first kappa shape index (κ1) is 14.2. The Labute approximate surface area is 119 Å². The van der Waals surface area contributed by atoms with Crippen LogP contribution in [0.15, 0.2) is 12.1 Å². The Bertz CT molecular complexity index is 468. The highest BCUT2D eigenvalue weighted by Gasteiger charge is 2.17. The van der Waals surface area contributed by atoms with Gasteiger partial charge in [-0.25, -0.2) is 4.98 Å². The van der Waals surface area contributed by atoms with E-state index in [1.165, 1.54) is 12.1 Å². The predicted molar refractivity (Wildman–Crippen MR) is 69.1 cm³/mol. The van der Waals surface area contributed by atoms with Crippen LogP contribution in [0, 0.1) is 0 Å². The van der Waals surface area contributed by atoms with Crippen molar-refractivity contribution in [2.45, 2.75) is 18.9 Å². The van der Waals surface area contributed by atoms with Crippen LogP contribution >= 0.6 is 23.2 Å². The number of carbonyl (C=O) groups is 2. The van der Waals surface area contributed by atoms with Crippen molar-refractivity contribution in [1.82, 2.24) is 4.98 Å². The number of hydrogen-bond donors (Lipinski definition) is 0. The van der Waals surface area contributed by atoms with E-state index >= 15 is 0 Å². The molecule has 5 nitrogen and oxygen atoms in total. The summed E-state index contributed by atoms with van der Waals surface area (Å²) in [5, 5.41) is -1.55. The summed E-state index contributed by atoms with van der Waals surface area (Å²) in [4.78, 5) is 25.9. The number of nitrogens with zero attached hydrogens (tertiary/aromatic N) is 1. The first-order valence-corrected chi connectivity index (χ1v) is 6.48. The number of rotatable bonds is 5. The van der Waals surface area contributed by atoms with Gasteiger partial charge in [0.05, 0.1) is 6.10 Å². The summed E-state index contributed by atoms with van der Waals surface area (Å²) in [6, 6.07) is 2.74. The van der Waals surface area contributed by atoms with Crippen LogP contribution in [0.3, 0.4) is 0 Å². The largest absolute Gasteiger partial charge is 0.491 e. The lowest BCUT2D eigenvalue weighted by molar-refractivity contribution is 0.0678. The number of carbonyl (C=O) groups excluding carboxylic acids is 2. The molecule has 1 aliphatic rings. The zero-order valence-electron chi connectivity index (χ0n) is 9.90. The SMILES string of the molecule is O=C(Cl)c1cc(OCC2CCCO2)cc(C(=O)Cl)n1. The van der Waals surface area contributed by atoms with Crippen molar-refractivity contribution in [3.05, 3.63) is 23.5 Å². The van der Waals surface area contributed by atoms with Crippen molar-refractivity contribution in [1.29, 1.82) is 0 Å². The zero-order chi connectivity index (χ0) is 13.8. The highest BCUT2D eigenvalue weighted by atomic mass is 35.5. The van der Waals surface area contributed by atoms with Gasteiger partial charge >= 0.3 is 0 Å². The number of pyridine rings is 1. The summed E-state index contributed by atoms with van der Waals surface area (Å²) in [7, 11) is 0. The van der Waals surface area contributed by atoms with E-state index in [0.717, 1.165) is 19.4 Å². The van der Waals surface area contributed by atoms with Gasteiger partial charge in [0.1, 0.15) is 23.7 Å². The summed E-state index contributed by atoms with van der Waals surface area (Å²) < 4.78 is 10.9. The molecule has 1 aromatic heterocycles. The molecule has 0 aromatic carbocycles. The average Bonchev–Trinajstić information content (AvgIpc) is 2.89. The fraction of sp³-hybridized carbons (Fsp3) is 0.417. The second kappa shape index (κ2) is 6.32. The molecule has 0 saturated carbocycles. The summed E-state index contributed by atoms with van der Waals surface area (Å²) >= 11 is 10.7. The van der Waals surface area contributed by atoms with Gasteiger partial charge in [-0.05, 0) is 36.0 Å². The Morgan fingerprint density at radius 3 is 2.42 bits per heavy atom. The number of ether oxygens (including phenoxy) is 2. The molecule has 0 aliphatic carbocycles. The molecule has 102 valence electrons. The maximum absolute atomic E-state index is 11.1. The van der Waals surface area contributed by atoms with Crippen molar-refractivity contribution >= 4 is 33.7 Å². The van der Waals surface area contributed by atoms with E-state index in [4.69, 9.17) is 32.7 Å². The van der Waals surface area contributed by atoms with E-state index in [2.05, 4.69) is 4.98 Å². The number of aromatic nitrogens is 1. The molecule has 1 unspecified atom stereocenters. The van der Waals surface area contributed by atoms with Crippen LogP contribution in [-0.2, 0) is 4.74 Å². The maximum atomic E-state index is 11.1. The topological polar surface area (TPSA) is 65.5 Å².